The number of likely N-dealkylation sites (N-methyl/N-ethyl adjacent to an activating group) is 1. The van der Waals surface area contributed by atoms with Gasteiger partial charge in [0, 0.05) is 17.6 Å². The second-order valence-corrected chi connectivity index (χ2v) is 5.55. The van der Waals surface area contributed by atoms with Gasteiger partial charge in [0.1, 0.15) is 6.34 Å². The molecule has 5 nitrogen and oxygen atoms in total. The molecule has 1 aromatic rings. The lowest BCUT2D eigenvalue weighted by Gasteiger charge is -2.31. The van der Waals surface area contributed by atoms with Gasteiger partial charge in [0.2, 0.25) is 5.96 Å². The molecule has 0 aromatic heterocycles. The van der Waals surface area contributed by atoms with Crippen LogP contribution in [0.15, 0.2) is 38.8 Å². The first-order valence-electron chi connectivity index (χ1n) is 5.63. The maximum Gasteiger partial charge on any atom is 0.203 e. The maximum atomic E-state index is 5.98. The van der Waals surface area contributed by atoms with Gasteiger partial charge in [-0.25, -0.2) is 4.99 Å². The molecule has 7 heteroatoms. The van der Waals surface area contributed by atoms with Crippen LogP contribution in [0, 0.1) is 0 Å². The van der Waals surface area contributed by atoms with E-state index in [0.717, 1.165) is 15.7 Å². The summed E-state index contributed by atoms with van der Waals surface area (Å²) in [6.45, 7) is 0. The standard InChI is InChI=1S/C12H11BrClN5/c1-18-11-9(13)10(7-2-4-8(14)5-3-7)17-12(15)19(11)6-16-18/h2-6,11H,1H3,(H2,15,17). The molecule has 0 fully saturated rings. The largest absolute Gasteiger partial charge is 0.369 e. The zero-order chi connectivity index (χ0) is 13.6. The third-order valence-corrected chi connectivity index (χ3v) is 4.07. The number of nitrogens with two attached hydrogens (primary N) is 1. The summed E-state index contributed by atoms with van der Waals surface area (Å²) in [4.78, 5) is 6.24. The third-order valence-electron chi connectivity index (χ3n) is 3.04. The Morgan fingerprint density at radius 2 is 2.00 bits per heavy atom. The zero-order valence-electron chi connectivity index (χ0n) is 10.1. The van der Waals surface area contributed by atoms with E-state index in [1.54, 1.807) is 6.34 Å². The van der Waals surface area contributed by atoms with E-state index in [4.69, 9.17) is 17.3 Å². The van der Waals surface area contributed by atoms with Gasteiger partial charge >= 0.3 is 0 Å². The predicted octanol–water partition coefficient (Wildman–Crippen LogP) is 2.25. The van der Waals surface area contributed by atoms with Gasteiger partial charge in [-0.1, -0.05) is 23.7 Å². The summed E-state index contributed by atoms with van der Waals surface area (Å²) in [5.74, 6) is 0.422. The maximum absolute atomic E-state index is 5.98. The van der Waals surface area contributed by atoms with Crippen molar-refractivity contribution in [1.29, 1.82) is 0 Å². The molecular weight excluding hydrogens is 330 g/mol. The Bertz CT molecular complexity index is 607. The molecule has 2 N–H and O–H groups in total. The fraction of sp³-hybridized carbons (Fsp3) is 0.167. The van der Waals surface area contributed by atoms with Crippen molar-refractivity contribution in [3.05, 3.63) is 39.3 Å². The highest BCUT2D eigenvalue weighted by Gasteiger charge is 2.35. The highest BCUT2D eigenvalue weighted by atomic mass is 79.9. The molecular formula is C12H11BrClN5. The molecule has 2 aliphatic heterocycles. The highest BCUT2D eigenvalue weighted by molar-refractivity contribution is 9.11. The summed E-state index contributed by atoms with van der Waals surface area (Å²) in [5.41, 5.74) is 7.74. The second kappa shape index (κ2) is 4.54. The normalized spacial score (nSPS) is 21.8. The van der Waals surface area contributed by atoms with Crippen LogP contribution in [0.2, 0.25) is 5.02 Å². The molecule has 0 saturated carbocycles. The first-order chi connectivity index (χ1) is 9.08. The number of nitrogens with zero attached hydrogens (tertiary/aromatic N) is 4. The smallest absolute Gasteiger partial charge is 0.203 e. The molecule has 1 aromatic carbocycles. The van der Waals surface area contributed by atoms with Crippen LogP contribution >= 0.6 is 27.5 Å². The van der Waals surface area contributed by atoms with Crippen molar-refractivity contribution < 1.29 is 0 Å². The van der Waals surface area contributed by atoms with Crippen LogP contribution in [0.5, 0.6) is 0 Å². The van der Waals surface area contributed by atoms with E-state index in [0.29, 0.717) is 11.0 Å². The van der Waals surface area contributed by atoms with Gasteiger partial charge in [-0.3, -0.25) is 9.91 Å². The van der Waals surface area contributed by atoms with Gasteiger partial charge in [0.25, 0.3) is 0 Å². The predicted molar refractivity (Wildman–Crippen MR) is 80.8 cm³/mol. The van der Waals surface area contributed by atoms with Gasteiger partial charge in [0.15, 0.2) is 6.17 Å². The minimum atomic E-state index is -0.0804. The number of benzene rings is 1. The Balaban J connectivity index is 2.08. The summed E-state index contributed by atoms with van der Waals surface area (Å²) in [6, 6.07) is 7.50. The topological polar surface area (TPSA) is 57.2 Å². The first kappa shape index (κ1) is 12.5. The molecule has 1 atom stereocenters. The number of fused-ring (bicyclic) bond motifs is 1. The molecule has 0 bridgehead atoms. The van der Waals surface area contributed by atoms with Crippen molar-refractivity contribution in [2.45, 2.75) is 6.17 Å². The van der Waals surface area contributed by atoms with Crippen molar-refractivity contribution in [1.82, 2.24) is 9.91 Å². The van der Waals surface area contributed by atoms with Crippen molar-refractivity contribution >= 4 is 45.5 Å². The number of hydrogen-bond acceptors (Lipinski definition) is 5. The van der Waals surface area contributed by atoms with E-state index in [1.165, 1.54) is 0 Å². The first-order valence-corrected chi connectivity index (χ1v) is 6.80. The van der Waals surface area contributed by atoms with Crippen LogP contribution in [-0.4, -0.2) is 35.4 Å². The van der Waals surface area contributed by atoms with Crippen LogP contribution in [0.3, 0.4) is 0 Å². The summed E-state index contributed by atoms with van der Waals surface area (Å²) >= 11 is 9.51. The van der Waals surface area contributed by atoms with Gasteiger partial charge < -0.3 is 5.73 Å². The molecule has 0 aliphatic carbocycles. The van der Waals surface area contributed by atoms with Crippen molar-refractivity contribution in [3.8, 4) is 0 Å². The van der Waals surface area contributed by atoms with Crippen molar-refractivity contribution in [3.63, 3.8) is 0 Å². The minimum Gasteiger partial charge on any atom is -0.369 e. The van der Waals surface area contributed by atoms with Crippen molar-refractivity contribution in [2.75, 3.05) is 7.05 Å². The van der Waals surface area contributed by atoms with Crippen LogP contribution in [0.1, 0.15) is 5.56 Å². The van der Waals surface area contributed by atoms with Crippen LogP contribution in [0.4, 0.5) is 0 Å². The molecule has 1 unspecified atom stereocenters. The SMILES string of the molecule is CN1N=CN2C(N)=NC(c3ccc(Cl)cc3)=C(Br)C12. The highest BCUT2D eigenvalue weighted by Crippen LogP contribution is 2.35. The van der Waals surface area contributed by atoms with Gasteiger partial charge in [0.05, 0.1) is 10.2 Å². The van der Waals surface area contributed by atoms with Gasteiger partial charge in [-0.2, -0.15) is 5.10 Å². The van der Waals surface area contributed by atoms with E-state index >= 15 is 0 Å². The Morgan fingerprint density at radius 1 is 1.32 bits per heavy atom. The molecule has 98 valence electrons. The average molecular weight is 341 g/mol. The lowest BCUT2D eigenvalue weighted by molar-refractivity contribution is 0.250. The van der Waals surface area contributed by atoms with Gasteiger partial charge in [-0.15, -0.1) is 0 Å². The lowest BCUT2D eigenvalue weighted by atomic mass is 10.1. The number of aliphatic imine (C=N–C) groups is 1. The number of hydrazone groups is 1. The Hall–Kier alpha value is -1.53. The molecule has 19 heavy (non-hydrogen) atoms. The molecule has 0 spiro atoms. The van der Waals surface area contributed by atoms with E-state index in [-0.39, 0.29) is 6.17 Å². The quantitative estimate of drug-likeness (QED) is 0.853. The van der Waals surface area contributed by atoms with E-state index < -0.39 is 0 Å². The van der Waals surface area contributed by atoms with Crippen LogP contribution in [-0.2, 0) is 0 Å². The third kappa shape index (κ3) is 2.01. The van der Waals surface area contributed by atoms with Crippen LogP contribution < -0.4 is 5.73 Å². The Labute approximate surface area is 124 Å². The summed E-state index contributed by atoms with van der Waals surface area (Å²) in [5, 5.41) is 6.72. The van der Waals surface area contributed by atoms with Crippen molar-refractivity contribution in [2.24, 2.45) is 15.8 Å². The Morgan fingerprint density at radius 3 is 2.68 bits per heavy atom. The van der Waals surface area contributed by atoms with E-state index in [1.807, 2.05) is 41.2 Å². The monoisotopic (exact) mass is 339 g/mol. The molecule has 0 radical (unpaired) electrons. The fourth-order valence-electron chi connectivity index (χ4n) is 2.07. The summed E-state index contributed by atoms with van der Waals surface area (Å²) in [6.07, 6.45) is 1.59. The molecule has 2 heterocycles. The molecule has 2 aliphatic rings. The average Bonchev–Trinajstić information content (AvgIpc) is 2.78. The lowest BCUT2D eigenvalue weighted by Crippen LogP contribution is -2.47. The number of rotatable bonds is 1. The summed E-state index contributed by atoms with van der Waals surface area (Å²) in [7, 11) is 1.89. The second-order valence-electron chi connectivity index (χ2n) is 4.26. The van der Waals surface area contributed by atoms with E-state index in [9.17, 15) is 0 Å². The molecule has 0 saturated heterocycles. The number of hydrogen-bond donors (Lipinski definition) is 1. The fourth-order valence-corrected chi connectivity index (χ4v) is 3.03. The Kier molecular flexibility index (Phi) is 2.99. The molecule has 0 amide bonds. The number of halogens is 2. The minimum absolute atomic E-state index is 0.0804. The van der Waals surface area contributed by atoms with E-state index in [2.05, 4.69) is 26.0 Å². The molecule has 3 rings (SSSR count). The van der Waals surface area contributed by atoms with Crippen LogP contribution in [0.25, 0.3) is 5.70 Å². The summed E-state index contributed by atoms with van der Waals surface area (Å²) < 4.78 is 0.920. The number of guanidine groups is 1. The zero-order valence-corrected chi connectivity index (χ0v) is 12.4. The van der Waals surface area contributed by atoms with Gasteiger partial charge in [-0.05, 0) is 28.1 Å².